The molecule has 72 heavy (non-hydrogen) atoms. The Morgan fingerprint density at radius 3 is 2.46 bits per heavy atom. The molecule has 2 aromatic rings. The van der Waals surface area contributed by atoms with E-state index in [1.807, 2.05) is 26.1 Å². The van der Waals surface area contributed by atoms with Crippen LogP contribution in [0, 0.1) is 63.1 Å². The molecule has 2 heterocycles. The number of nitrogens with two attached hydrogens (primary N) is 1. The second-order valence-electron chi connectivity index (χ2n) is 26.9. The fraction of sp³-hybridized carbons (Fsp3) is 0.742. The highest BCUT2D eigenvalue weighted by Gasteiger charge is 2.74. The van der Waals surface area contributed by atoms with E-state index in [1.54, 1.807) is 6.07 Å². The van der Waals surface area contributed by atoms with Gasteiger partial charge in [-0.2, -0.15) is 0 Å². The predicted molar refractivity (Wildman–Crippen MR) is 282 cm³/mol. The number of aromatic hydroxyl groups is 1. The van der Waals surface area contributed by atoms with Crippen LogP contribution in [0.25, 0.3) is 0 Å². The van der Waals surface area contributed by atoms with E-state index in [9.17, 15) is 20.4 Å². The summed E-state index contributed by atoms with van der Waals surface area (Å²) < 4.78 is 6.86. The smallest absolute Gasteiger partial charge is 0.160 e. The van der Waals surface area contributed by atoms with Crippen molar-refractivity contribution in [2.24, 2.45) is 63.1 Å². The molecule has 2 aliphatic heterocycles. The van der Waals surface area contributed by atoms with Crippen molar-refractivity contribution in [1.82, 2.24) is 10.6 Å². The van der Waals surface area contributed by atoms with Gasteiger partial charge in [-0.3, -0.25) is 9.59 Å². The number of carbonyl (C=O) groups excluding carboxylic acids is 2. The first-order valence-electron chi connectivity index (χ1n) is 28.9. The van der Waals surface area contributed by atoms with Crippen LogP contribution in [-0.4, -0.2) is 81.6 Å². The van der Waals surface area contributed by atoms with E-state index < -0.39 is 44.9 Å². The monoisotopic (exact) mass is 988 g/mol. The first-order valence-corrected chi connectivity index (χ1v) is 28.9. The summed E-state index contributed by atoms with van der Waals surface area (Å²) in [6.07, 6.45) is 15.9. The zero-order valence-corrected chi connectivity index (χ0v) is 44.6. The molecule has 9 aliphatic rings. The Bertz CT molecular complexity index is 2450. The van der Waals surface area contributed by atoms with Gasteiger partial charge < -0.3 is 41.5 Å². The molecule has 0 radical (unpaired) electrons. The van der Waals surface area contributed by atoms with Gasteiger partial charge in [-0.05, 0) is 203 Å². The van der Waals surface area contributed by atoms with Crippen LogP contribution in [-0.2, 0) is 20.9 Å². The zero-order valence-electron chi connectivity index (χ0n) is 44.6. The highest BCUT2D eigenvalue weighted by molar-refractivity contribution is 6.01. The van der Waals surface area contributed by atoms with E-state index in [-0.39, 0.29) is 65.7 Å². The fourth-order valence-corrected chi connectivity index (χ4v) is 20.2. The largest absolute Gasteiger partial charge is 0.508 e. The van der Waals surface area contributed by atoms with Crippen LogP contribution >= 0.6 is 0 Å². The third-order valence-electron chi connectivity index (χ3n) is 23.0. The van der Waals surface area contributed by atoms with E-state index in [4.69, 9.17) is 10.5 Å². The Morgan fingerprint density at radius 2 is 1.68 bits per heavy atom. The minimum absolute atomic E-state index is 0.00155. The average Bonchev–Trinajstić information content (AvgIpc) is 3.63. The molecule has 18 atom stereocenters. The average molecular weight is 988 g/mol. The lowest BCUT2D eigenvalue weighted by molar-refractivity contribution is -0.208. The van der Waals surface area contributed by atoms with Crippen molar-refractivity contribution in [3.05, 3.63) is 70.3 Å². The van der Waals surface area contributed by atoms with Crippen LogP contribution in [0.1, 0.15) is 185 Å². The number of fused-ring (bicyclic) bond motifs is 5. The third kappa shape index (κ3) is 7.97. The Morgan fingerprint density at radius 1 is 0.889 bits per heavy atom. The van der Waals surface area contributed by atoms with Crippen molar-refractivity contribution in [3.8, 4) is 5.75 Å². The summed E-state index contributed by atoms with van der Waals surface area (Å²) in [5.74, 6) is 1.69. The lowest BCUT2D eigenvalue weighted by Gasteiger charge is -2.72. The van der Waals surface area contributed by atoms with Gasteiger partial charge in [0.2, 0.25) is 0 Å². The Hall–Kier alpha value is -3.12. The lowest BCUT2D eigenvalue weighted by Crippen LogP contribution is -2.71. The molecule has 0 amide bonds. The number of benzene rings is 2. The molecule has 6 saturated carbocycles. The zero-order chi connectivity index (χ0) is 50.8. The number of rotatable bonds is 10. The number of nitrogens with one attached hydrogen (secondary N) is 2. The van der Waals surface area contributed by atoms with Gasteiger partial charge in [0, 0.05) is 54.6 Å². The SMILES string of the molecule is CNCc1cc(O)cc([C@H]2C[C@@]3(C)[C@H]4CCC5=C([C@@H]6[C@H]7CCCC[C@H]7CC[C@H]6[C@@H](O)[C@H]6O[C@]6(C)[C@H]6CCC[C@@H]6c6cccc(N)c6)C(=O)C[C@]5(C)[C@@]4(CCO)C[C@@H]4NC[C@](C)(O)CCCC[C@@](C)(C2=O)[C@H]43)c1. The maximum atomic E-state index is 15.8. The lowest BCUT2D eigenvalue weighted by atomic mass is 9.33. The second-order valence-corrected chi connectivity index (χ2v) is 26.9. The summed E-state index contributed by atoms with van der Waals surface area (Å²) in [4.78, 5) is 31.4. The van der Waals surface area contributed by atoms with Gasteiger partial charge in [0.15, 0.2) is 5.78 Å². The molecule has 8 N–H and O–H groups in total. The number of allylic oxidation sites excluding steroid dienone is 2. The van der Waals surface area contributed by atoms with Crippen LogP contribution < -0.4 is 16.4 Å². The molecule has 10 heteroatoms. The van der Waals surface area contributed by atoms with Crippen LogP contribution in [0.4, 0.5) is 5.69 Å². The number of phenols is 1. The van der Waals surface area contributed by atoms with Gasteiger partial charge in [-0.1, -0.05) is 83.1 Å². The standard InChI is InChI=1S/C62H89N3O7/c1-57(71)23-9-10-24-58(2)54-48(65-35-57)32-62(25-26-66)50(59(54,3)31-45(55(58)70)39-27-36(34-64-6)28-41(67)30-39)22-21-47-52(49(68)33-60(47,62)4)51-43-16-8-7-13-37(43)19-20-44(51)53(69)56-61(5,72-56)46-18-12-17-42(46)38-14-11-15-40(63)29-38/h11,14-15,27-30,37,42-46,48,50-51,53-54,56,64-67,69,71H,7-10,12-13,16-26,31-35,63H2,1-6H3/t37-,42+,43-,44+,45+,46-,48-,50+,51+,53+,54-,56+,57+,58+,59-,60-,61+,62-/m0/s1. The summed E-state index contributed by atoms with van der Waals surface area (Å²) in [6.45, 7) is 12.3. The number of carbonyl (C=O) groups is 2. The molecule has 0 aromatic heterocycles. The maximum absolute atomic E-state index is 15.8. The van der Waals surface area contributed by atoms with Crippen molar-refractivity contribution in [2.45, 2.75) is 204 Å². The molecule has 0 spiro atoms. The predicted octanol–water partition coefficient (Wildman–Crippen LogP) is 10.1. The van der Waals surface area contributed by atoms with Gasteiger partial charge in [0.25, 0.3) is 0 Å². The molecule has 0 unspecified atom stereocenters. The van der Waals surface area contributed by atoms with Crippen molar-refractivity contribution < 1.29 is 34.8 Å². The maximum Gasteiger partial charge on any atom is 0.160 e. The summed E-state index contributed by atoms with van der Waals surface area (Å²) in [5.41, 5.74) is 9.05. The number of epoxide rings is 1. The van der Waals surface area contributed by atoms with E-state index in [0.717, 1.165) is 99.4 Å². The molecule has 394 valence electrons. The van der Waals surface area contributed by atoms with Crippen LogP contribution in [0.2, 0.25) is 0 Å². The van der Waals surface area contributed by atoms with E-state index >= 15 is 9.59 Å². The first-order chi connectivity index (χ1) is 34.3. The van der Waals surface area contributed by atoms with Gasteiger partial charge in [0.05, 0.1) is 17.3 Å². The Kier molecular flexibility index (Phi) is 13.2. The van der Waals surface area contributed by atoms with Gasteiger partial charge >= 0.3 is 0 Å². The van der Waals surface area contributed by atoms with Crippen LogP contribution in [0.3, 0.4) is 0 Å². The van der Waals surface area contributed by atoms with Crippen molar-refractivity contribution in [3.63, 3.8) is 0 Å². The molecule has 10 nitrogen and oxygen atoms in total. The number of phenolic OH excluding ortho intramolecular Hbond substituents is 1. The number of anilines is 1. The highest BCUT2D eigenvalue weighted by atomic mass is 16.6. The molecule has 2 saturated heterocycles. The normalized spacial score (nSPS) is 45.4. The highest BCUT2D eigenvalue weighted by Crippen LogP contribution is 2.77. The summed E-state index contributed by atoms with van der Waals surface area (Å²) in [7, 11) is 1.90. The molecule has 8 fully saturated rings. The molecule has 2 aromatic carbocycles. The Labute approximate surface area is 430 Å². The minimum atomic E-state index is -0.918. The second kappa shape index (κ2) is 18.6. The quantitative estimate of drug-likeness (QED) is 0.0896. The number of hydrogen-bond acceptors (Lipinski definition) is 10. The number of nitrogen functional groups attached to an aromatic ring is 1. The summed E-state index contributed by atoms with van der Waals surface area (Å²) in [6, 6.07) is 14.0. The van der Waals surface area contributed by atoms with Gasteiger partial charge in [0.1, 0.15) is 17.6 Å². The molecule has 0 bridgehead atoms. The number of ether oxygens (including phenoxy) is 1. The number of aliphatic hydroxyl groups is 3. The minimum Gasteiger partial charge on any atom is -0.508 e. The molecular formula is C62H89N3O7. The van der Waals surface area contributed by atoms with E-state index in [0.29, 0.717) is 62.9 Å². The topological polar surface area (TPSA) is 178 Å². The number of ketones is 2. The molecular weight excluding hydrogens is 899 g/mol. The molecule has 11 rings (SSSR count). The van der Waals surface area contributed by atoms with Crippen LogP contribution in [0.15, 0.2) is 53.6 Å². The fourth-order valence-electron chi connectivity index (χ4n) is 20.2. The van der Waals surface area contributed by atoms with Crippen molar-refractivity contribution in [1.29, 1.82) is 0 Å². The summed E-state index contributed by atoms with van der Waals surface area (Å²) in [5, 5.41) is 54.9. The van der Waals surface area contributed by atoms with Gasteiger partial charge in [-0.15, -0.1) is 0 Å². The van der Waals surface area contributed by atoms with Crippen molar-refractivity contribution in [2.75, 3.05) is 25.9 Å². The Balaban J connectivity index is 1.01. The number of hydrogen-bond donors (Lipinski definition) is 7. The van der Waals surface area contributed by atoms with Crippen molar-refractivity contribution >= 4 is 17.3 Å². The number of aliphatic hydroxyl groups excluding tert-OH is 2. The van der Waals surface area contributed by atoms with Gasteiger partial charge in [-0.25, -0.2) is 0 Å². The molecule has 7 aliphatic carbocycles. The van der Waals surface area contributed by atoms with E-state index in [2.05, 4.69) is 62.6 Å². The third-order valence-corrected chi connectivity index (χ3v) is 23.0. The summed E-state index contributed by atoms with van der Waals surface area (Å²) >= 11 is 0. The van der Waals surface area contributed by atoms with E-state index in [1.165, 1.54) is 24.0 Å². The first kappa shape index (κ1) is 51.0. The number of β-amino-alcohol motifs (C(OH)–C–C–N with tert-alkyl or cyclic N) is 1. The number of Topliss-reactive ketones (excluding diaryl/α,β-unsaturated/α-hetero) is 2. The van der Waals surface area contributed by atoms with Crippen LogP contribution in [0.5, 0.6) is 5.75 Å².